The van der Waals surface area contributed by atoms with Crippen molar-refractivity contribution in [3.05, 3.63) is 122 Å². The third kappa shape index (κ3) is 10.2. The van der Waals surface area contributed by atoms with Gasteiger partial charge in [0.2, 0.25) is 35.4 Å². The molecule has 8 amide bonds. The number of rotatable bonds is 18. The smallest absolute Gasteiger partial charge is 0.257 e. The highest BCUT2D eigenvalue weighted by molar-refractivity contribution is 6.14. The van der Waals surface area contributed by atoms with E-state index in [0.29, 0.717) is 67.8 Å². The highest BCUT2D eigenvalue weighted by Gasteiger charge is 2.44. The molecule has 0 fully saturated rings. The van der Waals surface area contributed by atoms with Crippen LogP contribution in [0, 0.1) is 12.7 Å². The van der Waals surface area contributed by atoms with Crippen molar-refractivity contribution >= 4 is 58.2 Å². The largest absolute Gasteiger partial charge is 0.376 e. The minimum Gasteiger partial charge on any atom is -0.376 e. The molecule has 71 heavy (non-hydrogen) atoms. The second-order valence-corrected chi connectivity index (χ2v) is 17.1. The van der Waals surface area contributed by atoms with E-state index < -0.39 is 122 Å². The fourth-order valence-corrected chi connectivity index (χ4v) is 8.99. The second kappa shape index (κ2) is 20.5. The van der Waals surface area contributed by atoms with Gasteiger partial charge in [0.1, 0.15) is 31.7 Å². The number of nitrogens with zero attached hydrogens (tertiary/aromatic N) is 3. The van der Waals surface area contributed by atoms with Crippen molar-refractivity contribution in [1.82, 2.24) is 46.4 Å². The number of halogens is 1. The first-order valence-electron chi connectivity index (χ1n) is 22.4. The number of imide groups is 1. The Morgan fingerprint density at radius 1 is 0.930 bits per heavy atom. The summed E-state index contributed by atoms with van der Waals surface area (Å²) in [5.41, 5.74) is 1.66. The zero-order valence-corrected chi connectivity index (χ0v) is 38.1. The molecular formula is C48H48FN9O13. The summed E-state index contributed by atoms with van der Waals surface area (Å²) in [5, 5.41) is 37.4. The predicted molar refractivity (Wildman–Crippen MR) is 245 cm³/mol. The molecule has 4 atom stereocenters. The number of hydrogen-bond donors (Lipinski definition) is 8. The average Bonchev–Trinajstić information content (AvgIpc) is 3.88. The Hall–Kier alpha value is -7.99. The average molecular weight is 978 g/mol. The van der Waals surface area contributed by atoms with Crippen molar-refractivity contribution in [3.63, 3.8) is 0 Å². The summed E-state index contributed by atoms with van der Waals surface area (Å²) in [6.45, 7) is 1.83. The van der Waals surface area contributed by atoms with Gasteiger partial charge in [0.25, 0.3) is 17.4 Å². The number of hydrogen-bond acceptors (Lipinski definition) is 14. The van der Waals surface area contributed by atoms with Crippen molar-refractivity contribution in [3.8, 4) is 11.4 Å². The van der Waals surface area contributed by atoms with Gasteiger partial charge in [-0.05, 0) is 48.1 Å². The van der Waals surface area contributed by atoms with Crippen LogP contribution in [0.2, 0.25) is 0 Å². The molecule has 0 radical (unpaired) electrons. The number of aryl methyl sites for hydroxylation is 1. The zero-order valence-electron chi connectivity index (χ0n) is 38.1. The van der Waals surface area contributed by atoms with E-state index in [1.54, 1.807) is 43.3 Å². The van der Waals surface area contributed by atoms with Gasteiger partial charge in [0.05, 0.1) is 55.7 Å². The van der Waals surface area contributed by atoms with E-state index in [1.807, 2.05) is 0 Å². The summed E-state index contributed by atoms with van der Waals surface area (Å²) in [6, 6.07) is 9.67. The summed E-state index contributed by atoms with van der Waals surface area (Å²) >= 11 is 0. The summed E-state index contributed by atoms with van der Waals surface area (Å²) in [6.07, 6.45) is 2.18. The van der Waals surface area contributed by atoms with Gasteiger partial charge in [-0.15, -0.1) is 0 Å². The van der Waals surface area contributed by atoms with Crippen LogP contribution in [0.1, 0.15) is 51.4 Å². The van der Waals surface area contributed by atoms with Gasteiger partial charge in [-0.1, -0.05) is 43.0 Å². The lowest BCUT2D eigenvalue weighted by molar-refractivity contribution is -0.215. The van der Waals surface area contributed by atoms with E-state index in [-0.39, 0.29) is 30.7 Å². The summed E-state index contributed by atoms with van der Waals surface area (Å²) in [5.74, 6) is -6.14. The minimum atomic E-state index is -2.10. The van der Waals surface area contributed by atoms with Gasteiger partial charge >= 0.3 is 0 Å². The Kier molecular flexibility index (Phi) is 14.3. The summed E-state index contributed by atoms with van der Waals surface area (Å²) in [7, 11) is 0. The first-order chi connectivity index (χ1) is 34.0. The Morgan fingerprint density at radius 2 is 1.62 bits per heavy atom. The monoisotopic (exact) mass is 977 g/mol. The van der Waals surface area contributed by atoms with Crippen molar-refractivity contribution < 1.29 is 62.4 Å². The lowest BCUT2D eigenvalue weighted by Gasteiger charge is -2.36. The predicted octanol–water partition coefficient (Wildman–Crippen LogP) is -1.71. The number of carbonyl (C=O) groups excluding carboxylic acids is 8. The standard InChI is InChI=1S/C48H48FN9O13/c1-3-48(69)29-14-34-44-27(19-57(34)46(67)28(29)21-71-47(48)68)43-31(10-9-26-24(2)30(49)15-32(56-44)42(26)43)54-39(63)22-70-23-53-36(60)17-52-45(66)33(13-25-7-5-4-6-8-25)55-37(61)18-50-35(59)16-51-38(62)20-58-40(64)11-12-41(58)65/h3-8,11-12,14-15,31,33,47,68-69H,1,9-10,13,16-23H2,2H3,(H,50,59)(H,51,62)(H,52,66)(H,53,60)(H,54,63)(H,55,61)/t31-,33-,47?,48-/m0/s1. The molecule has 23 heteroatoms. The Morgan fingerprint density at radius 3 is 2.35 bits per heavy atom. The van der Waals surface area contributed by atoms with Crippen LogP contribution in [0.15, 0.2) is 72.1 Å². The van der Waals surface area contributed by atoms with Crippen LogP contribution in [0.25, 0.3) is 22.3 Å². The summed E-state index contributed by atoms with van der Waals surface area (Å²) < 4.78 is 27.6. The number of amides is 8. The first-order valence-corrected chi connectivity index (χ1v) is 22.4. The van der Waals surface area contributed by atoms with Crippen LogP contribution in [0.4, 0.5) is 4.39 Å². The highest BCUT2D eigenvalue weighted by atomic mass is 19.1. The van der Waals surface area contributed by atoms with Crippen LogP contribution >= 0.6 is 0 Å². The van der Waals surface area contributed by atoms with Crippen LogP contribution < -0.4 is 37.5 Å². The molecule has 5 heterocycles. The minimum absolute atomic E-state index is 0.00970. The van der Waals surface area contributed by atoms with Gasteiger partial charge in [0.15, 0.2) is 11.9 Å². The number of fused-ring (bicyclic) bond motifs is 5. The maximum Gasteiger partial charge on any atom is 0.257 e. The van der Waals surface area contributed by atoms with Gasteiger partial charge in [-0.3, -0.25) is 48.1 Å². The quantitative estimate of drug-likeness (QED) is 0.0210. The Labute approximate surface area is 402 Å². The lowest BCUT2D eigenvalue weighted by atomic mass is 9.81. The Bertz CT molecular complexity index is 3000. The topological polar surface area (TPSA) is 306 Å². The lowest BCUT2D eigenvalue weighted by Crippen LogP contribution is -2.52. The van der Waals surface area contributed by atoms with Crippen molar-refractivity contribution in [2.75, 3.05) is 39.5 Å². The number of carbonyl (C=O) groups is 8. The molecule has 0 saturated heterocycles. The third-order valence-corrected chi connectivity index (χ3v) is 12.6. The molecule has 1 unspecified atom stereocenters. The van der Waals surface area contributed by atoms with E-state index in [1.165, 1.54) is 10.6 Å². The second-order valence-electron chi connectivity index (χ2n) is 17.1. The molecule has 3 aliphatic heterocycles. The number of aliphatic hydroxyl groups is 2. The normalized spacial score (nSPS) is 18.7. The molecule has 4 aliphatic rings. The van der Waals surface area contributed by atoms with Crippen molar-refractivity contribution in [2.24, 2.45) is 0 Å². The third-order valence-electron chi connectivity index (χ3n) is 12.6. The van der Waals surface area contributed by atoms with Crippen molar-refractivity contribution in [2.45, 2.75) is 63.3 Å². The van der Waals surface area contributed by atoms with Gasteiger partial charge in [0, 0.05) is 46.7 Å². The van der Waals surface area contributed by atoms with Crippen LogP contribution in [0.5, 0.6) is 0 Å². The first kappa shape index (κ1) is 49.4. The molecule has 22 nitrogen and oxygen atoms in total. The molecule has 8 rings (SSSR count). The van der Waals surface area contributed by atoms with Crippen LogP contribution in [-0.2, 0) is 79.4 Å². The molecule has 0 saturated carbocycles. The maximum absolute atomic E-state index is 15.3. The van der Waals surface area contributed by atoms with E-state index in [2.05, 4.69) is 38.5 Å². The number of ether oxygens (including phenoxy) is 2. The van der Waals surface area contributed by atoms with E-state index >= 15 is 4.39 Å². The van der Waals surface area contributed by atoms with Crippen LogP contribution in [0.3, 0.4) is 0 Å². The molecule has 0 spiro atoms. The number of benzene rings is 2. The van der Waals surface area contributed by atoms with Gasteiger partial charge in [-0.25, -0.2) is 9.37 Å². The molecule has 0 bridgehead atoms. The van der Waals surface area contributed by atoms with Crippen molar-refractivity contribution in [1.29, 1.82) is 0 Å². The van der Waals surface area contributed by atoms with Crippen LogP contribution in [-0.4, -0.2) is 124 Å². The zero-order chi connectivity index (χ0) is 50.7. The maximum atomic E-state index is 15.3. The number of aliphatic hydroxyl groups excluding tert-OH is 1. The van der Waals surface area contributed by atoms with E-state index in [9.17, 15) is 53.4 Å². The van der Waals surface area contributed by atoms with E-state index in [4.69, 9.17) is 14.5 Å². The molecule has 8 N–H and O–H groups in total. The fourth-order valence-electron chi connectivity index (χ4n) is 8.99. The van der Waals surface area contributed by atoms with Gasteiger partial charge < -0.3 is 56.2 Å². The van der Waals surface area contributed by atoms with Gasteiger partial charge in [-0.2, -0.15) is 0 Å². The fraction of sp³-hybridized carbons (Fsp3) is 0.333. The Balaban J connectivity index is 0.845. The number of aromatic nitrogens is 2. The molecule has 4 aromatic rings. The molecular weight excluding hydrogens is 930 g/mol. The van der Waals surface area contributed by atoms with E-state index in [0.717, 1.165) is 18.2 Å². The molecule has 370 valence electrons. The molecule has 2 aromatic heterocycles. The highest BCUT2D eigenvalue weighted by Crippen LogP contribution is 2.46. The molecule has 2 aromatic carbocycles. The number of nitrogens with one attached hydrogen (secondary N) is 6. The number of pyridine rings is 2. The SMILES string of the molecule is C=C[C@]1(O)c2cc3n(c(=O)c2COC1O)Cc1c-3nc2cc(F)c(C)c3c2c1[C@@H](NC(=O)COCNC(=O)CNC(=O)[C@H](Cc1ccccc1)NC(=O)CNC(=O)CNC(=O)CN1C(=O)C=CC1=O)CC3. The molecule has 1 aliphatic carbocycles. The summed E-state index contributed by atoms with van der Waals surface area (Å²) in [4.78, 5) is 120.